The Bertz CT molecular complexity index is 263. The molecule has 1 unspecified atom stereocenters. The van der Waals surface area contributed by atoms with Crippen LogP contribution in [0.25, 0.3) is 0 Å². The standard InChI is InChI=1S/C15H29NO2/c1-5-6-7-8-9-11-15(2,3)18-13-10-12-16(4)14(13)17/h13H,5-12H2,1-4H3. The van der Waals surface area contributed by atoms with Crippen molar-refractivity contribution >= 4 is 5.91 Å². The predicted molar refractivity (Wildman–Crippen MR) is 74.6 cm³/mol. The van der Waals surface area contributed by atoms with Crippen molar-refractivity contribution < 1.29 is 9.53 Å². The number of nitrogens with zero attached hydrogens (tertiary/aromatic N) is 1. The van der Waals surface area contributed by atoms with Crippen LogP contribution in [-0.2, 0) is 9.53 Å². The first kappa shape index (κ1) is 15.5. The minimum atomic E-state index is -0.208. The molecule has 0 saturated carbocycles. The maximum Gasteiger partial charge on any atom is 0.251 e. The molecule has 1 heterocycles. The van der Waals surface area contributed by atoms with Crippen LogP contribution < -0.4 is 0 Å². The van der Waals surface area contributed by atoms with Crippen molar-refractivity contribution in [1.29, 1.82) is 0 Å². The monoisotopic (exact) mass is 255 g/mol. The van der Waals surface area contributed by atoms with Gasteiger partial charge in [-0.05, 0) is 20.3 Å². The summed E-state index contributed by atoms with van der Waals surface area (Å²) < 4.78 is 6.00. The summed E-state index contributed by atoms with van der Waals surface area (Å²) in [5.41, 5.74) is -0.169. The minimum Gasteiger partial charge on any atom is -0.362 e. The smallest absolute Gasteiger partial charge is 0.251 e. The Morgan fingerprint density at radius 3 is 2.50 bits per heavy atom. The van der Waals surface area contributed by atoms with Crippen LogP contribution in [0, 0.1) is 0 Å². The molecule has 0 spiro atoms. The van der Waals surface area contributed by atoms with Crippen molar-refractivity contribution in [3.63, 3.8) is 0 Å². The third-order valence-corrected chi connectivity index (χ3v) is 3.72. The Balaban J connectivity index is 2.24. The van der Waals surface area contributed by atoms with Crippen molar-refractivity contribution in [2.75, 3.05) is 13.6 Å². The molecule has 1 aliphatic heterocycles. The average Bonchev–Trinajstić information content (AvgIpc) is 2.60. The fourth-order valence-corrected chi connectivity index (χ4v) is 2.50. The molecule has 1 saturated heterocycles. The van der Waals surface area contributed by atoms with E-state index in [-0.39, 0.29) is 17.6 Å². The van der Waals surface area contributed by atoms with Crippen LogP contribution in [0.2, 0.25) is 0 Å². The lowest BCUT2D eigenvalue weighted by molar-refractivity contribution is -0.146. The maximum absolute atomic E-state index is 11.8. The number of carbonyl (C=O) groups is 1. The Hall–Kier alpha value is -0.570. The fraction of sp³-hybridized carbons (Fsp3) is 0.933. The molecule has 3 nitrogen and oxygen atoms in total. The molecule has 1 rings (SSSR count). The third-order valence-electron chi connectivity index (χ3n) is 3.72. The molecule has 0 aromatic rings. The van der Waals surface area contributed by atoms with E-state index in [1.807, 2.05) is 7.05 Å². The molecule has 106 valence electrons. The van der Waals surface area contributed by atoms with E-state index in [4.69, 9.17) is 4.74 Å². The number of amides is 1. The number of likely N-dealkylation sites (tertiary alicyclic amines) is 1. The molecule has 1 atom stereocenters. The first-order valence-corrected chi connectivity index (χ1v) is 7.39. The summed E-state index contributed by atoms with van der Waals surface area (Å²) in [5.74, 6) is 0.147. The van der Waals surface area contributed by atoms with Gasteiger partial charge in [-0.25, -0.2) is 0 Å². The largest absolute Gasteiger partial charge is 0.362 e. The molecule has 3 heteroatoms. The summed E-state index contributed by atoms with van der Waals surface area (Å²) in [7, 11) is 1.85. The first-order chi connectivity index (χ1) is 8.46. The highest BCUT2D eigenvalue weighted by molar-refractivity contribution is 5.82. The lowest BCUT2D eigenvalue weighted by atomic mass is 9.99. The predicted octanol–water partition coefficient (Wildman–Crippen LogP) is 3.37. The average molecular weight is 255 g/mol. The zero-order chi connectivity index (χ0) is 13.6. The Morgan fingerprint density at radius 2 is 1.94 bits per heavy atom. The van der Waals surface area contributed by atoms with Crippen LogP contribution in [0.4, 0.5) is 0 Å². The van der Waals surface area contributed by atoms with Crippen molar-refractivity contribution in [2.45, 2.75) is 77.4 Å². The molecule has 1 aliphatic rings. The molecule has 1 fully saturated rings. The zero-order valence-electron chi connectivity index (χ0n) is 12.5. The summed E-state index contributed by atoms with van der Waals surface area (Å²) in [6.45, 7) is 7.28. The summed E-state index contributed by atoms with van der Waals surface area (Å²) in [5, 5.41) is 0. The first-order valence-electron chi connectivity index (χ1n) is 7.39. The molecule has 0 N–H and O–H groups in total. The zero-order valence-corrected chi connectivity index (χ0v) is 12.5. The number of hydrogen-bond donors (Lipinski definition) is 0. The number of likely N-dealkylation sites (N-methyl/N-ethyl adjacent to an activating group) is 1. The topological polar surface area (TPSA) is 29.5 Å². The molecular formula is C15H29NO2. The van der Waals surface area contributed by atoms with E-state index >= 15 is 0 Å². The van der Waals surface area contributed by atoms with Crippen LogP contribution >= 0.6 is 0 Å². The van der Waals surface area contributed by atoms with E-state index in [0.717, 1.165) is 19.4 Å². The minimum absolute atomic E-state index is 0.147. The van der Waals surface area contributed by atoms with E-state index in [1.165, 1.54) is 32.1 Å². The number of unbranched alkanes of at least 4 members (excludes halogenated alkanes) is 4. The van der Waals surface area contributed by atoms with Gasteiger partial charge in [0.2, 0.25) is 0 Å². The van der Waals surface area contributed by atoms with Crippen LogP contribution in [0.5, 0.6) is 0 Å². The molecule has 18 heavy (non-hydrogen) atoms. The lowest BCUT2D eigenvalue weighted by Crippen LogP contribution is -2.35. The van der Waals surface area contributed by atoms with Gasteiger partial charge in [-0.2, -0.15) is 0 Å². The Labute approximate surface area is 112 Å². The van der Waals surface area contributed by atoms with Gasteiger partial charge >= 0.3 is 0 Å². The van der Waals surface area contributed by atoms with Gasteiger partial charge in [0.1, 0.15) is 6.10 Å². The highest BCUT2D eigenvalue weighted by atomic mass is 16.5. The van der Waals surface area contributed by atoms with Crippen LogP contribution in [0.15, 0.2) is 0 Å². The van der Waals surface area contributed by atoms with Crippen molar-refractivity contribution in [1.82, 2.24) is 4.90 Å². The van der Waals surface area contributed by atoms with E-state index in [1.54, 1.807) is 4.90 Å². The van der Waals surface area contributed by atoms with Crippen LogP contribution in [0.3, 0.4) is 0 Å². The number of rotatable bonds is 8. The number of carbonyl (C=O) groups excluding carboxylic acids is 1. The SMILES string of the molecule is CCCCCCCC(C)(C)OC1CCN(C)C1=O. The van der Waals surface area contributed by atoms with Gasteiger partial charge in [-0.1, -0.05) is 39.0 Å². The number of ether oxygens (including phenoxy) is 1. The van der Waals surface area contributed by atoms with E-state index in [0.29, 0.717) is 0 Å². The molecule has 1 amide bonds. The van der Waals surface area contributed by atoms with Crippen LogP contribution in [0.1, 0.15) is 65.7 Å². The normalized spacial score (nSPS) is 20.8. The Morgan fingerprint density at radius 1 is 1.28 bits per heavy atom. The van der Waals surface area contributed by atoms with Gasteiger partial charge in [0.25, 0.3) is 5.91 Å². The third kappa shape index (κ3) is 4.97. The van der Waals surface area contributed by atoms with Gasteiger partial charge in [-0.3, -0.25) is 4.79 Å². The molecule has 0 aliphatic carbocycles. The van der Waals surface area contributed by atoms with E-state index in [9.17, 15) is 4.79 Å². The van der Waals surface area contributed by atoms with E-state index < -0.39 is 0 Å². The fourth-order valence-electron chi connectivity index (χ4n) is 2.50. The molecular weight excluding hydrogens is 226 g/mol. The van der Waals surface area contributed by atoms with Crippen molar-refractivity contribution in [3.05, 3.63) is 0 Å². The van der Waals surface area contributed by atoms with Crippen molar-refractivity contribution in [2.24, 2.45) is 0 Å². The maximum atomic E-state index is 11.8. The highest BCUT2D eigenvalue weighted by Crippen LogP contribution is 2.25. The van der Waals surface area contributed by atoms with Gasteiger partial charge < -0.3 is 9.64 Å². The molecule has 0 aromatic carbocycles. The summed E-state index contributed by atoms with van der Waals surface area (Å²) in [6, 6.07) is 0. The van der Waals surface area contributed by atoms with Crippen molar-refractivity contribution in [3.8, 4) is 0 Å². The van der Waals surface area contributed by atoms with Gasteiger partial charge in [-0.15, -0.1) is 0 Å². The molecule has 0 bridgehead atoms. The van der Waals surface area contributed by atoms with Gasteiger partial charge in [0.15, 0.2) is 0 Å². The lowest BCUT2D eigenvalue weighted by Gasteiger charge is -2.28. The number of hydrogen-bond acceptors (Lipinski definition) is 2. The second-order valence-corrected chi connectivity index (χ2v) is 6.08. The second kappa shape index (κ2) is 7.13. The highest BCUT2D eigenvalue weighted by Gasteiger charge is 2.34. The quantitative estimate of drug-likeness (QED) is 0.622. The summed E-state index contributed by atoms with van der Waals surface area (Å²) in [4.78, 5) is 13.6. The summed E-state index contributed by atoms with van der Waals surface area (Å²) >= 11 is 0. The molecule has 0 aromatic heterocycles. The summed E-state index contributed by atoms with van der Waals surface area (Å²) in [6.07, 6.45) is 8.08. The van der Waals surface area contributed by atoms with Gasteiger partial charge in [0.05, 0.1) is 5.60 Å². The molecule has 0 radical (unpaired) electrons. The Kier molecular flexibility index (Phi) is 6.13. The van der Waals surface area contributed by atoms with Gasteiger partial charge in [0, 0.05) is 20.0 Å². The van der Waals surface area contributed by atoms with E-state index in [2.05, 4.69) is 20.8 Å². The second-order valence-electron chi connectivity index (χ2n) is 6.08. The van der Waals surface area contributed by atoms with Crippen LogP contribution in [-0.4, -0.2) is 36.1 Å².